The summed E-state index contributed by atoms with van der Waals surface area (Å²) >= 11 is 0. The van der Waals surface area contributed by atoms with Gasteiger partial charge in [0.2, 0.25) is 15.9 Å². The lowest BCUT2D eigenvalue weighted by Gasteiger charge is -2.33. The van der Waals surface area contributed by atoms with Gasteiger partial charge in [0.1, 0.15) is 18.4 Å². The van der Waals surface area contributed by atoms with Crippen LogP contribution in [0.15, 0.2) is 47.8 Å². The van der Waals surface area contributed by atoms with Gasteiger partial charge in [0.05, 0.1) is 11.4 Å². The molecule has 33 heavy (non-hydrogen) atoms. The minimum absolute atomic E-state index is 0.0381. The summed E-state index contributed by atoms with van der Waals surface area (Å²) in [5, 5.41) is 12.0. The zero-order valence-corrected chi connectivity index (χ0v) is 19.0. The molecule has 2 aromatic heterocycles. The molecular weight excluding hydrogens is 448 g/mol. The van der Waals surface area contributed by atoms with E-state index in [4.69, 9.17) is 0 Å². The van der Waals surface area contributed by atoms with Crippen molar-refractivity contribution in [2.24, 2.45) is 5.92 Å². The van der Waals surface area contributed by atoms with Gasteiger partial charge in [0, 0.05) is 31.2 Å². The maximum absolute atomic E-state index is 13.3. The number of nitro groups is 1. The Morgan fingerprint density at radius 2 is 2.09 bits per heavy atom. The molecular formula is C21H26N6O5S. The lowest BCUT2D eigenvalue weighted by Crippen LogP contribution is -2.50. The Morgan fingerprint density at radius 1 is 1.33 bits per heavy atom. The number of nitrogens with one attached hydrogen (secondary N) is 2. The molecule has 2 N–H and O–H groups in total. The van der Waals surface area contributed by atoms with Crippen molar-refractivity contribution in [1.82, 2.24) is 24.2 Å². The van der Waals surface area contributed by atoms with Crippen LogP contribution < -0.4 is 4.72 Å². The number of piperidine rings is 1. The van der Waals surface area contributed by atoms with Crippen molar-refractivity contribution in [2.75, 3.05) is 13.1 Å². The number of amides is 1. The van der Waals surface area contributed by atoms with Crippen molar-refractivity contribution < 1.29 is 18.1 Å². The van der Waals surface area contributed by atoms with Gasteiger partial charge in [-0.2, -0.15) is 4.72 Å². The van der Waals surface area contributed by atoms with Crippen LogP contribution >= 0.6 is 0 Å². The standard InChI is InChI=1S/C21H26N6O5S/c1-15-5-10-25(11-6-15)20(28)18(7-12-26-13-9-23-21(26)27(29)30)24-33(31,32)17-3-2-16-4-8-22-19(16)14-17/h2-4,8-9,13-15,18,22,24H,5-7,10-12H2,1H3. The zero-order chi connectivity index (χ0) is 23.6. The van der Waals surface area contributed by atoms with E-state index in [1.807, 2.05) is 6.07 Å². The molecule has 1 unspecified atom stereocenters. The second-order valence-electron chi connectivity index (χ2n) is 8.37. The van der Waals surface area contributed by atoms with Crippen LogP contribution in [0.25, 0.3) is 10.9 Å². The molecule has 1 atom stereocenters. The lowest BCUT2D eigenvalue weighted by atomic mass is 9.98. The fourth-order valence-electron chi connectivity index (χ4n) is 4.05. The molecule has 3 aromatic rings. The number of hydrogen-bond donors (Lipinski definition) is 2. The number of imidazole rings is 1. The third kappa shape index (κ3) is 5.06. The molecule has 0 bridgehead atoms. The van der Waals surface area contributed by atoms with E-state index < -0.39 is 21.0 Å². The van der Waals surface area contributed by atoms with Crippen molar-refractivity contribution in [3.63, 3.8) is 0 Å². The number of sulfonamides is 1. The van der Waals surface area contributed by atoms with Gasteiger partial charge in [-0.15, -0.1) is 0 Å². The Bertz CT molecular complexity index is 1260. The fraction of sp³-hybridized carbons (Fsp3) is 0.429. The lowest BCUT2D eigenvalue weighted by molar-refractivity contribution is -0.396. The molecule has 12 heteroatoms. The zero-order valence-electron chi connectivity index (χ0n) is 18.2. The molecule has 1 aliphatic rings. The van der Waals surface area contributed by atoms with Gasteiger partial charge >= 0.3 is 5.95 Å². The maximum Gasteiger partial charge on any atom is 0.434 e. The van der Waals surface area contributed by atoms with Crippen LogP contribution in [0, 0.1) is 16.0 Å². The van der Waals surface area contributed by atoms with Crippen molar-refractivity contribution in [3.8, 4) is 0 Å². The molecule has 0 aliphatic carbocycles. The minimum Gasteiger partial charge on any atom is -0.390 e. The third-order valence-electron chi connectivity index (χ3n) is 6.04. The third-order valence-corrected chi connectivity index (χ3v) is 7.51. The van der Waals surface area contributed by atoms with Crippen molar-refractivity contribution >= 4 is 32.8 Å². The van der Waals surface area contributed by atoms with E-state index in [9.17, 15) is 23.3 Å². The predicted octanol–water partition coefficient (Wildman–Crippen LogP) is 2.27. The Kier molecular flexibility index (Phi) is 6.47. The average molecular weight is 475 g/mol. The Balaban J connectivity index is 1.57. The van der Waals surface area contributed by atoms with Gasteiger partial charge in [0.15, 0.2) is 0 Å². The number of fused-ring (bicyclic) bond motifs is 1. The maximum atomic E-state index is 13.3. The van der Waals surface area contributed by atoms with Crippen LogP contribution in [0.1, 0.15) is 26.2 Å². The van der Waals surface area contributed by atoms with Crippen LogP contribution in [-0.2, 0) is 21.4 Å². The molecule has 0 radical (unpaired) electrons. The first-order chi connectivity index (χ1) is 15.7. The summed E-state index contributed by atoms with van der Waals surface area (Å²) < 4.78 is 30.2. The van der Waals surface area contributed by atoms with E-state index in [-0.39, 0.29) is 29.7 Å². The average Bonchev–Trinajstić information content (AvgIpc) is 3.45. The van der Waals surface area contributed by atoms with Crippen LogP contribution in [-0.4, -0.2) is 57.8 Å². The van der Waals surface area contributed by atoms with Gasteiger partial charge < -0.3 is 20.0 Å². The van der Waals surface area contributed by atoms with E-state index in [0.717, 1.165) is 18.2 Å². The number of rotatable bonds is 8. The number of aromatic amines is 1. The number of aromatic nitrogens is 3. The van der Waals surface area contributed by atoms with Crippen LogP contribution in [0.5, 0.6) is 0 Å². The highest BCUT2D eigenvalue weighted by Crippen LogP contribution is 2.21. The van der Waals surface area contributed by atoms with Crippen molar-refractivity contribution in [3.05, 3.63) is 53.0 Å². The minimum atomic E-state index is -4.02. The molecule has 0 saturated carbocycles. The number of nitrogens with zero attached hydrogens (tertiary/aromatic N) is 4. The topological polar surface area (TPSA) is 143 Å². The van der Waals surface area contributed by atoms with Gasteiger partial charge in [-0.3, -0.25) is 4.79 Å². The highest BCUT2D eigenvalue weighted by molar-refractivity contribution is 7.89. The summed E-state index contributed by atoms with van der Waals surface area (Å²) in [7, 11) is -4.02. The van der Waals surface area contributed by atoms with Gasteiger partial charge in [-0.25, -0.2) is 13.0 Å². The number of aryl methyl sites for hydroxylation is 1. The first-order valence-corrected chi connectivity index (χ1v) is 12.3. The highest BCUT2D eigenvalue weighted by atomic mass is 32.2. The van der Waals surface area contributed by atoms with Crippen molar-refractivity contribution in [1.29, 1.82) is 0 Å². The number of carbonyl (C=O) groups excluding carboxylic acids is 1. The predicted molar refractivity (Wildman–Crippen MR) is 121 cm³/mol. The number of hydrogen-bond acceptors (Lipinski definition) is 6. The van der Waals surface area contributed by atoms with E-state index in [1.165, 1.54) is 29.1 Å². The summed E-state index contributed by atoms with van der Waals surface area (Å²) in [4.78, 5) is 32.3. The largest absolute Gasteiger partial charge is 0.434 e. The number of benzene rings is 1. The second-order valence-corrected chi connectivity index (χ2v) is 10.1. The quantitative estimate of drug-likeness (QED) is 0.379. The molecule has 1 saturated heterocycles. The summed E-state index contributed by atoms with van der Waals surface area (Å²) in [5.41, 5.74) is 0.666. The van der Waals surface area contributed by atoms with Gasteiger partial charge in [-0.1, -0.05) is 18.0 Å². The monoisotopic (exact) mass is 474 g/mol. The number of likely N-dealkylation sites (tertiary alicyclic amines) is 1. The molecule has 1 aliphatic heterocycles. The molecule has 1 amide bonds. The molecule has 3 heterocycles. The van der Waals surface area contributed by atoms with Gasteiger partial charge in [0.25, 0.3) is 0 Å². The Labute approximate surface area is 191 Å². The Hall–Kier alpha value is -3.25. The summed E-state index contributed by atoms with van der Waals surface area (Å²) in [6, 6.07) is 5.47. The molecule has 1 fully saturated rings. The second kappa shape index (κ2) is 9.32. The molecule has 11 nitrogen and oxygen atoms in total. The summed E-state index contributed by atoms with van der Waals surface area (Å²) in [6.07, 6.45) is 6.21. The van der Waals surface area contributed by atoms with E-state index >= 15 is 0 Å². The summed E-state index contributed by atoms with van der Waals surface area (Å²) in [6.45, 7) is 3.29. The normalized spacial score (nSPS) is 16.2. The first-order valence-electron chi connectivity index (χ1n) is 10.8. The Morgan fingerprint density at radius 3 is 2.82 bits per heavy atom. The van der Waals surface area contributed by atoms with E-state index in [2.05, 4.69) is 21.6 Å². The highest BCUT2D eigenvalue weighted by Gasteiger charge is 2.32. The van der Waals surface area contributed by atoms with Crippen LogP contribution in [0.4, 0.5) is 5.95 Å². The number of carbonyl (C=O) groups is 1. The molecule has 4 rings (SSSR count). The number of H-pyrrole nitrogens is 1. The molecule has 176 valence electrons. The smallest absolute Gasteiger partial charge is 0.390 e. The van der Waals surface area contributed by atoms with Crippen molar-refractivity contribution in [2.45, 2.75) is 43.7 Å². The SMILES string of the molecule is CC1CCN(C(=O)C(CCn2ccnc2[N+](=O)[O-])NS(=O)(=O)c2ccc3cc[nH]c3c2)CC1. The molecule has 1 aromatic carbocycles. The summed E-state index contributed by atoms with van der Waals surface area (Å²) in [5.74, 6) is -0.174. The van der Waals surface area contributed by atoms with E-state index in [1.54, 1.807) is 17.2 Å². The van der Waals surface area contributed by atoms with Gasteiger partial charge in [-0.05, 0) is 47.3 Å². The fourth-order valence-corrected chi connectivity index (χ4v) is 5.30. The van der Waals surface area contributed by atoms with E-state index in [0.29, 0.717) is 24.5 Å². The van der Waals surface area contributed by atoms with Crippen LogP contribution in [0.2, 0.25) is 0 Å². The molecule has 0 spiro atoms. The first kappa shape index (κ1) is 22.9. The van der Waals surface area contributed by atoms with Crippen LogP contribution in [0.3, 0.4) is 0 Å².